The lowest BCUT2D eigenvalue weighted by Gasteiger charge is -2.14. The number of carbonyl (C=O) groups excluding carboxylic acids is 2. The summed E-state index contributed by atoms with van der Waals surface area (Å²) in [4.78, 5) is 33.5. The third-order valence-electron chi connectivity index (χ3n) is 3.17. The van der Waals surface area contributed by atoms with Crippen molar-refractivity contribution in [1.82, 2.24) is 0 Å². The monoisotopic (exact) mass is 362 g/mol. The summed E-state index contributed by atoms with van der Waals surface area (Å²) in [6.07, 6.45) is -0.959. The molecule has 26 heavy (non-hydrogen) atoms. The summed E-state index contributed by atoms with van der Waals surface area (Å²) in [5.41, 5.74) is -0.766. The Hall–Kier alpha value is -3.49. The fourth-order valence-corrected chi connectivity index (χ4v) is 1.91. The lowest BCUT2D eigenvalue weighted by atomic mass is 10.2. The number of esters is 1. The van der Waals surface area contributed by atoms with Crippen LogP contribution in [0.3, 0.4) is 0 Å². The van der Waals surface area contributed by atoms with Gasteiger partial charge in [-0.2, -0.15) is 0 Å². The van der Waals surface area contributed by atoms with Crippen LogP contribution in [-0.2, 0) is 14.3 Å². The second kappa shape index (κ2) is 8.56. The SMILES string of the molecule is C[C@@H](Oc1ccccc1)C(=O)OCC(=O)Nc1cc([N+](=O)[O-])ccc1F. The second-order valence-corrected chi connectivity index (χ2v) is 5.15. The first kappa shape index (κ1) is 18.8. The summed E-state index contributed by atoms with van der Waals surface area (Å²) in [6, 6.07) is 11.2. The Kier molecular flexibility index (Phi) is 6.20. The van der Waals surface area contributed by atoms with E-state index in [-0.39, 0.29) is 11.4 Å². The number of rotatable bonds is 7. The van der Waals surface area contributed by atoms with Crippen molar-refractivity contribution in [3.63, 3.8) is 0 Å². The van der Waals surface area contributed by atoms with Crippen molar-refractivity contribution in [3.8, 4) is 5.75 Å². The van der Waals surface area contributed by atoms with Gasteiger partial charge in [-0.05, 0) is 25.1 Å². The second-order valence-electron chi connectivity index (χ2n) is 5.15. The molecule has 1 N–H and O–H groups in total. The van der Waals surface area contributed by atoms with E-state index in [0.717, 1.165) is 18.2 Å². The van der Waals surface area contributed by atoms with Crippen molar-refractivity contribution in [3.05, 3.63) is 64.5 Å². The first-order chi connectivity index (χ1) is 12.4. The number of halogens is 1. The number of para-hydroxylation sites is 1. The number of amides is 1. The molecule has 0 heterocycles. The topological polar surface area (TPSA) is 108 Å². The molecule has 0 aromatic heterocycles. The van der Waals surface area contributed by atoms with Gasteiger partial charge in [0.05, 0.1) is 10.6 Å². The normalized spacial score (nSPS) is 11.3. The van der Waals surface area contributed by atoms with Crippen LogP contribution in [-0.4, -0.2) is 29.5 Å². The van der Waals surface area contributed by atoms with Crippen LogP contribution in [0.25, 0.3) is 0 Å². The minimum atomic E-state index is -0.959. The zero-order chi connectivity index (χ0) is 19.1. The summed E-state index contributed by atoms with van der Waals surface area (Å²) in [5.74, 6) is -2.02. The molecular weight excluding hydrogens is 347 g/mol. The van der Waals surface area contributed by atoms with E-state index < -0.39 is 35.3 Å². The lowest BCUT2D eigenvalue weighted by molar-refractivity contribution is -0.384. The van der Waals surface area contributed by atoms with E-state index in [1.54, 1.807) is 30.3 Å². The van der Waals surface area contributed by atoms with Crippen molar-refractivity contribution < 1.29 is 28.4 Å². The molecule has 0 unspecified atom stereocenters. The zero-order valence-electron chi connectivity index (χ0n) is 13.7. The van der Waals surface area contributed by atoms with Gasteiger partial charge in [0, 0.05) is 12.1 Å². The molecule has 1 atom stereocenters. The van der Waals surface area contributed by atoms with Gasteiger partial charge in [-0.25, -0.2) is 9.18 Å². The smallest absolute Gasteiger partial charge is 0.347 e. The molecule has 0 bridgehead atoms. The zero-order valence-corrected chi connectivity index (χ0v) is 13.7. The van der Waals surface area contributed by atoms with Gasteiger partial charge in [0.2, 0.25) is 0 Å². The summed E-state index contributed by atoms with van der Waals surface area (Å²) >= 11 is 0. The highest BCUT2D eigenvalue weighted by Gasteiger charge is 2.19. The van der Waals surface area contributed by atoms with E-state index in [2.05, 4.69) is 5.32 Å². The van der Waals surface area contributed by atoms with Crippen LogP contribution in [0.2, 0.25) is 0 Å². The van der Waals surface area contributed by atoms with Gasteiger partial charge in [0.25, 0.3) is 11.6 Å². The van der Waals surface area contributed by atoms with Crippen LogP contribution in [0, 0.1) is 15.9 Å². The highest BCUT2D eigenvalue weighted by atomic mass is 19.1. The number of carbonyl (C=O) groups is 2. The van der Waals surface area contributed by atoms with Crippen LogP contribution < -0.4 is 10.1 Å². The molecule has 2 rings (SSSR count). The fourth-order valence-electron chi connectivity index (χ4n) is 1.91. The molecule has 0 saturated heterocycles. The predicted octanol–water partition coefficient (Wildman–Crippen LogP) is 2.68. The maximum absolute atomic E-state index is 13.6. The van der Waals surface area contributed by atoms with E-state index in [9.17, 15) is 24.1 Å². The number of nitrogens with one attached hydrogen (secondary N) is 1. The van der Waals surface area contributed by atoms with Crippen molar-refractivity contribution in [2.45, 2.75) is 13.0 Å². The van der Waals surface area contributed by atoms with Gasteiger partial charge >= 0.3 is 5.97 Å². The van der Waals surface area contributed by atoms with Crippen molar-refractivity contribution >= 4 is 23.3 Å². The standard InChI is InChI=1S/C17H15FN2O6/c1-11(26-13-5-3-2-4-6-13)17(22)25-10-16(21)19-15-9-12(20(23)24)7-8-14(15)18/h2-9,11H,10H2,1H3,(H,19,21)/t11-/m1/s1. The van der Waals surface area contributed by atoms with Crippen LogP contribution in [0.4, 0.5) is 15.8 Å². The summed E-state index contributed by atoms with van der Waals surface area (Å²) in [5, 5.41) is 12.8. The van der Waals surface area contributed by atoms with Crippen molar-refractivity contribution in [1.29, 1.82) is 0 Å². The highest BCUT2D eigenvalue weighted by Crippen LogP contribution is 2.21. The van der Waals surface area contributed by atoms with E-state index in [0.29, 0.717) is 5.75 Å². The molecule has 0 aliphatic rings. The number of anilines is 1. The number of nitro benzene ring substituents is 1. The number of ether oxygens (including phenoxy) is 2. The largest absolute Gasteiger partial charge is 0.479 e. The lowest BCUT2D eigenvalue weighted by Crippen LogP contribution is -2.29. The van der Waals surface area contributed by atoms with Crippen LogP contribution in [0.5, 0.6) is 5.75 Å². The minimum Gasteiger partial charge on any atom is -0.479 e. The third kappa shape index (κ3) is 5.26. The fraction of sp³-hybridized carbons (Fsp3) is 0.176. The van der Waals surface area contributed by atoms with E-state index in [1.165, 1.54) is 6.92 Å². The Balaban J connectivity index is 1.87. The third-order valence-corrected chi connectivity index (χ3v) is 3.17. The number of hydrogen-bond acceptors (Lipinski definition) is 6. The van der Waals surface area contributed by atoms with E-state index in [1.807, 2.05) is 0 Å². The molecule has 0 aliphatic heterocycles. The molecule has 9 heteroatoms. The predicted molar refractivity (Wildman–Crippen MR) is 89.2 cm³/mol. The summed E-state index contributed by atoms with van der Waals surface area (Å²) in [7, 11) is 0. The summed E-state index contributed by atoms with van der Waals surface area (Å²) in [6.45, 7) is 0.761. The Morgan fingerprint density at radius 3 is 2.58 bits per heavy atom. The molecule has 0 fully saturated rings. The van der Waals surface area contributed by atoms with Gasteiger partial charge in [-0.3, -0.25) is 14.9 Å². The Morgan fingerprint density at radius 2 is 1.92 bits per heavy atom. The van der Waals surface area contributed by atoms with Crippen molar-refractivity contribution in [2.24, 2.45) is 0 Å². The number of benzene rings is 2. The molecule has 136 valence electrons. The number of non-ortho nitro benzene ring substituents is 1. The first-order valence-electron chi connectivity index (χ1n) is 7.49. The van der Waals surface area contributed by atoms with Crippen molar-refractivity contribution in [2.75, 3.05) is 11.9 Å². The molecule has 0 saturated carbocycles. The molecule has 0 radical (unpaired) electrons. The average molecular weight is 362 g/mol. The Bertz CT molecular complexity index is 812. The molecule has 0 spiro atoms. The van der Waals surface area contributed by atoms with Crippen LogP contribution in [0.1, 0.15) is 6.92 Å². The first-order valence-corrected chi connectivity index (χ1v) is 7.49. The Morgan fingerprint density at radius 1 is 1.23 bits per heavy atom. The molecule has 8 nitrogen and oxygen atoms in total. The quantitative estimate of drug-likeness (QED) is 0.461. The van der Waals surface area contributed by atoms with E-state index >= 15 is 0 Å². The summed E-state index contributed by atoms with van der Waals surface area (Å²) < 4.78 is 23.7. The van der Waals surface area contributed by atoms with Gasteiger partial charge in [0.15, 0.2) is 12.7 Å². The average Bonchev–Trinajstić information content (AvgIpc) is 2.62. The van der Waals surface area contributed by atoms with E-state index in [4.69, 9.17) is 9.47 Å². The molecule has 1 amide bonds. The maximum Gasteiger partial charge on any atom is 0.347 e. The number of nitro groups is 1. The molecular formula is C17H15FN2O6. The minimum absolute atomic E-state index is 0.381. The number of nitrogens with zero attached hydrogens (tertiary/aromatic N) is 1. The molecule has 0 aliphatic carbocycles. The maximum atomic E-state index is 13.6. The van der Waals surface area contributed by atoms with Gasteiger partial charge in [-0.1, -0.05) is 18.2 Å². The molecule has 2 aromatic rings. The number of hydrogen-bond donors (Lipinski definition) is 1. The highest BCUT2D eigenvalue weighted by molar-refractivity contribution is 5.93. The van der Waals surface area contributed by atoms with Crippen LogP contribution in [0.15, 0.2) is 48.5 Å². The Labute approximate surface area is 147 Å². The molecule has 2 aromatic carbocycles. The van der Waals surface area contributed by atoms with Gasteiger partial charge < -0.3 is 14.8 Å². The van der Waals surface area contributed by atoms with Crippen LogP contribution >= 0.6 is 0 Å². The van der Waals surface area contributed by atoms with Gasteiger partial charge in [0.1, 0.15) is 11.6 Å². The van der Waals surface area contributed by atoms with Gasteiger partial charge in [-0.15, -0.1) is 0 Å².